The summed E-state index contributed by atoms with van der Waals surface area (Å²) in [5, 5.41) is 4.08. The van der Waals surface area contributed by atoms with E-state index in [4.69, 9.17) is 0 Å². The topological polar surface area (TPSA) is 38.1 Å². The number of hydrogen-bond donors (Lipinski definition) is 0. The fraction of sp³-hybridized carbons (Fsp3) is 0.429. The summed E-state index contributed by atoms with van der Waals surface area (Å²) in [5.41, 5.74) is 0.339. The molecule has 0 aliphatic rings. The second-order valence-electron chi connectivity index (χ2n) is 4.52. The molecular formula is C14H17F2N3OS. The number of hydrogen-bond acceptors (Lipinski definition) is 3. The number of thiophene rings is 1. The Labute approximate surface area is 126 Å². The van der Waals surface area contributed by atoms with Gasteiger partial charge in [0.1, 0.15) is 11.4 Å². The Bertz CT molecular complexity index is 632. The number of amides is 1. The van der Waals surface area contributed by atoms with Crippen LogP contribution in [0, 0.1) is 0 Å². The molecule has 2 heterocycles. The molecule has 21 heavy (non-hydrogen) atoms. The molecule has 4 nitrogen and oxygen atoms in total. The summed E-state index contributed by atoms with van der Waals surface area (Å²) >= 11 is 1.27. The fourth-order valence-corrected chi connectivity index (χ4v) is 2.99. The normalized spacial score (nSPS) is 11.1. The van der Waals surface area contributed by atoms with Crippen molar-refractivity contribution in [3.05, 3.63) is 28.8 Å². The summed E-state index contributed by atoms with van der Waals surface area (Å²) in [6.45, 7) is 5.12. The van der Waals surface area contributed by atoms with Gasteiger partial charge in [0.05, 0.1) is 9.75 Å². The molecule has 114 valence electrons. The molecule has 0 unspecified atom stereocenters. The maximum absolute atomic E-state index is 12.8. The molecule has 2 rings (SSSR count). The Morgan fingerprint density at radius 3 is 2.57 bits per heavy atom. The summed E-state index contributed by atoms with van der Waals surface area (Å²) < 4.78 is 26.7. The van der Waals surface area contributed by atoms with Crippen LogP contribution in [-0.4, -0.2) is 33.7 Å². The first-order valence-electron chi connectivity index (χ1n) is 6.69. The lowest BCUT2D eigenvalue weighted by molar-refractivity contribution is 0.0778. The third-order valence-corrected chi connectivity index (χ3v) is 4.36. The van der Waals surface area contributed by atoms with E-state index in [0.29, 0.717) is 28.5 Å². The standard InChI is InChI=1S/C14H17F2N3OS/c1-4-19(5-2)14(20)12-7-6-11(21-12)9-8-10(13(15)16)18(3)17-9/h6-8,13H,4-5H2,1-3H3. The van der Waals surface area contributed by atoms with Crippen LogP contribution >= 0.6 is 11.3 Å². The predicted molar refractivity (Wildman–Crippen MR) is 78.7 cm³/mol. The Morgan fingerprint density at radius 2 is 2.05 bits per heavy atom. The van der Waals surface area contributed by atoms with Crippen LogP contribution in [-0.2, 0) is 7.05 Å². The summed E-state index contributed by atoms with van der Waals surface area (Å²) in [6, 6.07) is 4.83. The highest BCUT2D eigenvalue weighted by Gasteiger charge is 2.19. The van der Waals surface area contributed by atoms with Gasteiger partial charge in [-0.2, -0.15) is 5.10 Å². The first-order chi connectivity index (χ1) is 9.97. The van der Waals surface area contributed by atoms with Crippen LogP contribution in [0.15, 0.2) is 18.2 Å². The van der Waals surface area contributed by atoms with Crippen LogP contribution in [0.4, 0.5) is 8.78 Å². The molecule has 0 bridgehead atoms. The number of halogens is 2. The minimum atomic E-state index is -2.56. The average molecular weight is 313 g/mol. The maximum atomic E-state index is 12.8. The number of carbonyl (C=O) groups excluding carboxylic acids is 1. The molecule has 0 radical (unpaired) electrons. The fourth-order valence-electron chi connectivity index (χ4n) is 2.06. The van der Waals surface area contributed by atoms with Crippen LogP contribution in [0.5, 0.6) is 0 Å². The Morgan fingerprint density at radius 1 is 1.38 bits per heavy atom. The minimum Gasteiger partial charge on any atom is -0.339 e. The van der Waals surface area contributed by atoms with E-state index in [0.717, 1.165) is 0 Å². The number of aromatic nitrogens is 2. The van der Waals surface area contributed by atoms with E-state index < -0.39 is 6.43 Å². The quantitative estimate of drug-likeness (QED) is 0.846. The zero-order valence-corrected chi connectivity index (χ0v) is 13.0. The molecule has 0 spiro atoms. The van der Waals surface area contributed by atoms with E-state index in [9.17, 15) is 13.6 Å². The number of alkyl halides is 2. The van der Waals surface area contributed by atoms with Crippen molar-refractivity contribution < 1.29 is 13.6 Å². The van der Waals surface area contributed by atoms with Gasteiger partial charge in [-0.25, -0.2) is 8.78 Å². The lowest BCUT2D eigenvalue weighted by atomic mass is 10.3. The molecule has 0 atom stereocenters. The maximum Gasteiger partial charge on any atom is 0.280 e. The first kappa shape index (κ1) is 15.6. The van der Waals surface area contributed by atoms with Crippen LogP contribution in [0.25, 0.3) is 10.6 Å². The highest BCUT2D eigenvalue weighted by Crippen LogP contribution is 2.30. The average Bonchev–Trinajstić information content (AvgIpc) is 3.06. The first-order valence-corrected chi connectivity index (χ1v) is 7.51. The summed E-state index contributed by atoms with van der Waals surface area (Å²) in [6.07, 6.45) is -2.56. The molecule has 0 fully saturated rings. The Hall–Kier alpha value is -1.76. The largest absolute Gasteiger partial charge is 0.339 e. The monoisotopic (exact) mass is 313 g/mol. The number of rotatable bonds is 5. The van der Waals surface area contributed by atoms with Crippen molar-refractivity contribution in [2.45, 2.75) is 20.3 Å². The van der Waals surface area contributed by atoms with Crippen molar-refractivity contribution in [3.8, 4) is 10.6 Å². The number of aryl methyl sites for hydroxylation is 1. The molecular weight excluding hydrogens is 296 g/mol. The molecule has 2 aromatic rings. The lowest BCUT2D eigenvalue weighted by Gasteiger charge is -2.17. The van der Waals surface area contributed by atoms with E-state index in [2.05, 4.69) is 5.10 Å². The summed E-state index contributed by atoms with van der Waals surface area (Å²) in [7, 11) is 1.49. The van der Waals surface area contributed by atoms with Crippen molar-refractivity contribution >= 4 is 17.2 Å². The molecule has 0 saturated heterocycles. The summed E-state index contributed by atoms with van der Waals surface area (Å²) in [4.78, 5) is 15.3. The zero-order valence-electron chi connectivity index (χ0n) is 12.1. The van der Waals surface area contributed by atoms with E-state index in [1.54, 1.807) is 17.0 Å². The zero-order chi connectivity index (χ0) is 15.6. The van der Waals surface area contributed by atoms with Crippen molar-refractivity contribution in [2.24, 2.45) is 7.05 Å². The van der Waals surface area contributed by atoms with E-state index in [1.165, 1.54) is 29.1 Å². The van der Waals surface area contributed by atoms with Crippen molar-refractivity contribution in [1.82, 2.24) is 14.7 Å². The smallest absolute Gasteiger partial charge is 0.280 e. The third kappa shape index (κ3) is 3.12. The number of carbonyl (C=O) groups is 1. The van der Waals surface area contributed by atoms with Crippen molar-refractivity contribution in [2.75, 3.05) is 13.1 Å². The van der Waals surface area contributed by atoms with Crippen LogP contribution in [0.3, 0.4) is 0 Å². The van der Waals surface area contributed by atoms with Gasteiger partial charge < -0.3 is 4.90 Å². The molecule has 1 amide bonds. The van der Waals surface area contributed by atoms with Gasteiger partial charge in [-0.1, -0.05) is 0 Å². The van der Waals surface area contributed by atoms with Gasteiger partial charge in [0.2, 0.25) is 0 Å². The molecule has 0 saturated carbocycles. The van der Waals surface area contributed by atoms with Crippen LogP contribution in [0.1, 0.15) is 35.6 Å². The molecule has 0 aromatic carbocycles. The van der Waals surface area contributed by atoms with Gasteiger partial charge >= 0.3 is 0 Å². The van der Waals surface area contributed by atoms with E-state index >= 15 is 0 Å². The molecule has 0 aliphatic carbocycles. The third-order valence-electron chi connectivity index (χ3n) is 3.26. The van der Waals surface area contributed by atoms with Gasteiger partial charge in [-0.05, 0) is 32.0 Å². The van der Waals surface area contributed by atoms with Crippen LogP contribution in [0.2, 0.25) is 0 Å². The highest BCUT2D eigenvalue weighted by molar-refractivity contribution is 7.17. The van der Waals surface area contributed by atoms with E-state index in [1.807, 2.05) is 13.8 Å². The Balaban J connectivity index is 2.28. The SMILES string of the molecule is CCN(CC)C(=O)c1ccc(-c2cc(C(F)F)n(C)n2)s1. The summed E-state index contributed by atoms with van der Waals surface area (Å²) in [5.74, 6) is -0.0405. The van der Waals surface area contributed by atoms with Gasteiger partial charge in [-0.15, -0.1) is 11.3 Å². The van der Waals surface area contributed by atoms with Crippen molar-refractivity contribution in [1.29, 1.82) is 0 Å². The second-order valence-corrected chi connectivity index (χ2v) is 5.60. The molecule has 7 heteroatoms. The lowest BCUT2D eigenvalue weighted by Crippen LogP contribution is -2.29. The second kappa shape index (κ2) is 6.34. The molecule has 0 aliphatic heterocycles. The highest BCUT2D eigenvalue weighted by atomic mass is 32.1. The Kier molecular flexibility index (Phi) is 4.72. The predicted octanol–water partition coefficient (Wildman–Crippen LogP) is 3.57. The minimum absolute atomic E-state index is 0.0405. The van der Waals surface area contributed by atoms with Gasteiger partial charge in [-0.3, -0.25) is 9.48 Å². The van der Waals surface area contributed by atoms with Crippen LogP contribution < -0.4 is 0 Å². The number of nitrogens with zero attached hydrogens (tertiary/aromatic N) is 3. The van der Waals surface area contributed by atoms with Crippen molar-refractivity contribution in [3.63, 3.8) is 0 Å². The van der Waals surface area contributed by atoms with E-state index in [-0.39, 0.29) is 11.6 Å². The van der Waals surface area contributed by atoms with Gasteiger partial charge in [0.15, 0.2) is 0 Å². The molecule has 0 N–H and O–H groups in total. The van der Waals surface area contributed by atoms with Gasteiger partial charge in [0.25, 0.3) is 12.3 Å². The molecule has 2 aromatic heterocycles. The van der Waals surface area contributed by atoms with Gasteiger partial charge in [0, 0.05) is 20.1 Å².